The lowest BCUT2D eigenvalue weighted by atomic mass is 10.2. The van der Waals surface area contributed by atoms with Gasteiger partial charge in [0.15, 0.2) is 0 Å². The van der Waals surface area contributed by atoms with Crippen molar-refractivity contribution >= 4 is 15.2 Å². The molecule has 0 heterocycles. The molecule has 0 saturated heterocycles. The molecule has 0 aliphatic heterocycles. The van der Waals surface area contributed by atoms with E-state index in [9.17, 15) is 0 Å². The van der Waals surface area contributed by atoms with Gasteiger partial charge in [-0.05, 0) is 39.7 Å². The fraction of sp³-hybridized carbons (Fsp3) is 0.647. The maximum Gasteiger partial charge on any atom is 0.0867 e. The van der Waals surface area contributed by atoms with Gasteiger partial charge in [-0.1, -0.05) is 43.7 Å². The summed E-state index contributed by atoms with van der Waals surface area (Å²) in [6.45, 7) is 11.3. The summed E-state index contributed by atoms with van der Waals surface area (Å²) < 4.78 is 0. The molecule has 0 aliphatic rings. The third-order valence-electron chi connectivity index (χ3n) is 4.07. The predicted octanol–water partition coefficient (Wildman–Crippen LogP) is 6.41. The van der Waals surface area contributed by atoms with E-state index in [0.29, 0.717) is 0 Å². The van der Waals surface area contributed by atoms with Gasteiger partial charge in [-0.2, -0.15) is 0 Å². The molecule has 1 rings (SSSR count). The van der Waals surface area contributed by atoms with Crippen molar-refractivity contribution < 1.29 is 0 Å². The molecule has 0 aromatic heterocycles. The van der Waals surface area contributed by atoms with Crippen LogP contribution in [0.5, 0.6) is 0 Å². The molecule has 0 saturated carbocycles. The van der Waals surface area contributed by atoms with Gasteiger partial charge in [-0.15, -0.1) is 0 Å². The quantitative estimate of drug-likeness (QED) is 0.384. The van der Waals surface area contributed by atoms with E-state index in [0.717, 1.165) is 11.3 Å². The molecule has 0 spiro atoms. The maximum absolute atomic E-state index is 2.47. The van der Waals surface area contributed by atoms with E-state index < -0.39 is 6.95 Å². The van der Waals surface area contributed by atoms with E-state index in [1.54, 1.807) is 5.56 Å². The lowest BCUT2D eigenvalue weighted by Gasteiger charge is -2.35. The Morgan fingerprint density at radius 1 is 1.00 bits per heavy atom. The molecule has 0 amide bonds. The van der Waals surface area contributed by atoms with E-state index in [4.69, 9.17) is 0 Å². The van der Waals surface area contributed by atoms with E-state index in [1.807, 2.05) is 0 Å². The van der Waals surface area contributed by atoms with Gasteiger partial charge >= 0.3 is 0 Å². The highest BCUT2D eigenvalue weighted by Crippen LogP contribution is 2.81. The number of hydrogen-bond acceptors (Lipinski definition) is 0. The second-order valence-electron chi connectivity index (χ2n) is 6.02. The highest BCUT2D eigenvalue weighted by Gasteiger charge is 2.43. The standard InChI is InChI=1S/C17H31P2/c1-6-7-13-18-19(15(2)3,16(4)5)14-17-11-9-8-10-12-17/h8-12,15-16,18H,6-7,13-14H2,1-5H3/q+1. The Labute approximate surface area is 122 Å². The van der Waals surface area contributed by atoms with E-state index in [1.165, 1.54) is 33.4 Å². The number of benzene rings is 1. The van der Waals surface area contributed by atoms with E-state index in [-0.39, 0.29) is 0 Å². The average molecular weight is 297 g/mol. The van der Waals surface area contributed by atoms with Crippen molar-refractivity contribution in [2.45, 2.75) is 64.9 Å². The van der Waals surface area contributed by atoms with Crippen LogP contribution in [0.3, 0.4) is 0 Å². The van der Waals surface area contributed by atoms with Crippen LogP contribution in [-0.4, -0.2) is 17.5 Å². The van der Waals surface area contributed by atoms with Crippen molar-refractivity contribution in [2.24, 2.45) is 0 Å². The van der Waals surface area contributed by atoms with E-state index >= 15 is 0 Å². The molecule has 0 N–H and O–H groups in total. The molecule has 2 heteroatoms. The Kier molecular flexibility index (Phi) is 7.56. The van der Waals surface area contributed by atoms with Gasteiger partial charge < -0.3 is 0 Å². The van der Waals surface area contributed by atoms with Gasteiger partial charge in [-0.3, -0.25) is 0 Å². The molecule has 0 bridgehead atoms. The van der Waals surface area contributed by atoms with Crippen LogP contribution in [0.15, 0.2) is 30.3 Å². The summed E-state index contributed by atoms with van der Waals surface area (Å²) in [5, 5.41) is 0. The third kappa shape index (κ3) is 4.84. The zero-order valence-electron chi connectivity index (χ0n) is 13.3. The Balaban J connectivity index is 2.89. The molecule has 1 atom stereocenters. The molecule has 0 radical (unpaired) electrons. The van der Waals surface area contributed by atoms with Crippen LogP contribution in [0.4, 0.5) is 0 Å². The SMILES string of the molecule is CCCCP[P+](Cc1ccccc1)(C(C)C)C(C)C. The van der Waals surface area contributed by atoms with Gasteiger partial charge in [-0.25, -0.2) is 0 Å². The van der Waals surface area contributed by atoms with Crippen molar-refractivity contribution in [3.05, 3.63) is 35.9 Å². The minimum atomic E-state index is -0.864. The fourth-order valence-corrected chi connectivity index (χ4v) is 12.0. The highest BCUT2D eigenvalue weighted by molar-refractivity contribution is 8.31. The smallest absolute Gasteiger partial charge is 0.0654 e. The van der Waals surface area contributed by atoms with Crippen LogP contribution in [0, 0.1) is 0 Å². The Morgan fingerprint density at radius 2 is 1.58 bits per heavy atom. The normalized spacial score (nSPS) is 13.0. The van der Waals surface area contributed by atoms with Crippen LogP contribution in [0.1, 0.15) is 53.0 Å². The molecule has 0 fully saturated rings. The highest BCUT2D eigenvalue weighted by atomic mass is 32.1. The summed E-state index contributed by atoms with van der Waals surface area (Å²) in [5.41, 5.74) is 3.29. The minimum absolute atomic E-state index is 0.864. The summed E-state index contributed by atoms with van der Waals surface area (Å²) in [5.74, 6) is 0. The molecule has 1 unspecified atom stereocenters. The van der Waals surface area contributed by atoms with Crippen LogP contribution in [0.25, 0.3) is 0 Å². The monoisotopic (exact) mass is 297 g/mol. The summed E-state index contributed by atoms with van der Waals surface area (Å²) in [6.07, 6.45) is 5.56. The van der Waals surface area contributed by atoms with Crippen molar-refractivity contribution in [2.75, 3.05) is 6.16 Å². The number of unbranched alkanes of at least 4 members (excludes halogenated alkanes) is 1. The molecule has 108 valence electrons. The molecular weight excluding hydrogens is 266 g/mol. The second kappa shape index (κ2) is 8.39. The summed E-state index contributed by atoms with van der Waals surface area (Å²) in [4.78, 5) is 0. The first-order chi connectivity index (χ1) is 9.03. The van der Waals surface area contributed by atoms with Crippen molar-refractivity contribution in [3.8, 4) is 0 Å². The first-order valence-electron chi connectivity index (χ1n) is 7.69. The lowest BCUT2D eigenvalue weighted by molar-refractivity contribution is 0.895. The topological polar surface area (TPSA) is 0 Å². The maximum atomic E-state index is 2.47. The molecule has 0 aliphatic carbocycles. The molecule has 19 heavy (non-hydrogen) atoms. The van der Waals surface area contributed by atoms with Gasteiger partial charge in [0.05, 0.1) is 17.5 Å². The molecule has 0 nitrogen and oxygen atoms in total. The first-order valence-corrected chi connectivity index (χ1v) is 11.9. The van der Waals surface area contributed by atoms with E-state index in [2.05, 4.69) is 65.0 Å². The average Bonchev–Trinajstić information content (AvgIpc) is 2.38. The molecular formula is C17H31P2+. The van der Waals surface area contributed by atoms with Crippen LogP contribution in [0.2, 0.25) is 0 Å². The van der Waals surface area contributed by atoms with Gasteiger partial charge in [0.2, 0.25) is 0 Å². The lowest BCUT2D eigenvalue weighted by Crippen LogP contribution is -2.14. The Hall–Kier alpha value is 0.0800. The van der Waals surface area contributed by atoms with Crippen molar-refractivity contribution in [3.63, 3.8) is 0 Å². The van der Waals surface area contributed by atoms with Gasteiger partial charge in [0, 0.05) is 21.4 Å². The largest absolute Gasteiger partial charge is 0.0867 e. The predicted molar refractivity (Wildman–Crippen MR) is 95.4 cm³/mol. The van der Waals surface area contributed by atoms with Crippen LogP contribution in [-0.2, 0) is 6.16 Å². The van der Waals surface area contributed by atoms with Gasteiger partial charge in [0.1, 0.15) is 0 Å². The number of rotatable bonds is 8. The Morgan fingerprint density at radius 3 is 2.05 bits per heavy atom. The van der Waals surface area contributed by atoms with Crippen LogP contribution >= 0.6 is 15.2 Å². The van der Waals surface area contributed by atoms with Gasteiger partial charge in [0.25, 0.3) is 0 Å². The third-order valence-corrected chi connectivity index (χ3v) is 15.8. The van der Waals surface area contributed by atoms with Crippen molar-refractivity contribution in [1.29, 1.82) is 0 Å². The number of hydrogen-bond donors (Lipinski definition) is 0. The zero-order chi connectivity index (χ0) is 14.3. The molecule has 1 aromatic rings. The zero-order valence-corrected chi connectivity index (χ0v) is 15.2. The summed E-state index contributed by atoms with van der Waals surface area (Å²) in [7, 11) is 1.20. The Bertz CT molecular complexity index is 336. The minimum Gasteiger partial charge on any atom is -0.0654 e. The molecule has 1 aromatic carbocycles. The second-order valence-corrected chi connectivity index (χ2v) is 14.5. The van der Waals surface area contributed by atoms with Crippen molar-refractivity contribution in [1.82, 2.24) is 0 Å². The summed E-state index contributed by atoms with van der Waals surface area (Å²) >= 11 is 0. The summed E-state index contributed by atoms with van der Waals surface area (Å²) in [6, 6.07) is 11.2. The van der Waals surface area contributed by atoms with Crippen LogP contribution < -0.4 is 0 Å². The fourth-order valence-electron chi connectivity index (χ4n) is 2.73. The first kappa shape index (κ1) is 17.1.